The topological polar surface area (TPSA) is 98.7 Å². The lowest BCUT2D eigenvalue weighted by molar-refractivity contribution is -0.143. The van der Waals surface area contributed by atoms with E-state index in [9.17, 15) is 19.5 Å². The number of nitrogens with zero attached hydrogens (tertiary/aromatic N) is 1. The van der Waals surface area contributed by atoms with E-state index in [0.717, 1.165) is 32.1 Å². The number of aliphatic hydroxyl groups is 1. The summed E-state index contributed by atoms with van der Waals surface area (Å²) >= 11 is 5.44. The van der Waals surface area contributed by atoms with Crippen molar-refractivity contribution in [3.05, 3.63) is 0 Å². The Bertz CT molecular complexity index is 745. The van der Waals surface area contributed by atoms with Crippen molar-refractivity contribution in [3.8, 4) is 0 Å². The molecular formula is C23H36BrN3O4S. The van der Waals surface area contributed by atoms with Gasteiger partial charge in [-0.2, -0.15) is 0 Å². The van der Waals surface area contributed by atoms with Gasteiger partial charge in [0.15, 0.2) is 0 Å². The molecule has 9 heteroatoms. The van der Waals surface area contributed by atoms with E-state index in [2.05, 4.69) is 26.6 Å². The van der Waals surface area contributed by atoms with E-state index >= 15 is 0 Å². The number of carbonyl (C=O) groups excluding carboxylic acids is 3. The molecule has 4 fully saturated rings. The van der Waals surface area contributed by atoms with Gasteiger partial charge in [-0.15, -0.1) is 11.8 Å². The number of hydrogen-bond donors (Lipinski definition) is 3. The Labute approximate surface area is 203 Å². The minimum atomic E-state index is -0.655. The number of rotatable bonds is 8. The molecule has 0 aromatic rings. The molecule has 3 amide bonds. The molecular weight excluding hydrogens is 494 g/mol. The quantitative estimate of drug-likeness (QED) is 0.418. The Kier molecular flexibility index (Phi) is 7.47. The summed E-state index contributed by atoms with van der Waals surface area (Å²) < 4.78 is -0.633. The van der Waals surface area contributed by atoms with Crippen LogP contribution in [0.5, 0.6) is 0 Å². The SMILES string of the molecule is CCCNC(=O)[C@H]1[C@@H]2SC3(CC2Br)C(C(=O)NC2CCCCC2)N([C@@H](CC)CO)C(=O)[C@H]13. The maximum Gasteiger partial charge on any atom is 0.244 e. The number of thioether (sulfide) groups is 1. The summed E-state index contributed by atoms with van der Waals surface area (Å²) in [5.74, 6) is -1.31. The summed E-state index contributed by atoms with van der Waals surface area (Å²) in [5, 5.41) is 16.3. The highest BCUT2D eigenvalue weighted by Crippen LogP contribution is 2.68. The maximum absolute atomic E-state index is 13.9. The predicted molar refractivity (Wildman–Crippen MR) is 129 cm³/mol. The molecule has 3 heterocycles. The van der Waals surface area contributed by atoms with Crippen molar-refractivity contribution in [2.45, 2.75) is 98.2 Å². The monoisotopic (exact) mass is 529 g/mol. The number of nitrogens with one attached hydrogen (secondary N) is 2. The molecule has 0 aromatic carbocycles. The van der Waals surface area contributed by atoms with Gasteiger partial charge in [0, 0.05) is 22.7 Å². The zero-order valence-corrected chi connectivity index (χ0v) is 21.4. The Hall–Kier alpha value is -0.800. The fourth-order valence-electron chi connectivity index (χ4n) is 6.37. The van der Waals surface area contributed by atoms with Gasteiger partial charge in [-0.25, -0.2) is 0 Å². The van der Waals surface area contributed by atoms with Gasteiger partial charge < -0.3 is 20.6 Å². The Morgan fingerprint density at radius 3 is 2.59 bits per heavy atom. The normalized spacial score (nSPS) is 37.4. The van der Waals surface area contributed by atoms with Crippen LogP contribution >= 0.6 is 27.7 Å². The van der Waals surface area contributed by atoms with Crippen molar-refractivity contribution in [3.63, 3.8) is 0 Å². The number of hydrogen-bond acceptors (Lipinski definition) is 5. The van der Waals surface area contributed by atoms with Crippen LogP contribution in [-0.2, 0) is 14.4 Å². The summed E-state index contributed by atoms with van der Waals surface area (Å²) in [4.78, 5) is 42.5. The average Bonchev–Trinajstić information content (AvgIpc) is 3.37. The number of amides is 3. The second-order valence-electron chi connectivity index (χ2n) is 9.79. The number of fused-ring (bicyclic) bond motifs is 1. The lowest BCUT2D eigenvalue weighted by atomic mass is 9.70. The van der Waals surface area contributed by atoms with Crippen molar-refractivity contribution in [1.82, 2.24) is 15.5 Å². The first-order valence-electron chi connectivity index (χ1n) is 12.2. The van der Waals surface area contributed by atoms with Crippen LogP contribution in [0.15, 0.2) is 0 Å². The molecule has 3 N–H and O–H groups in total. The third-order valence-corrected chi connectivity index (χ3v) is 11.1. The van der Waals surface area contributed by atoms with Gasteiger partial charge in [0.2, 0.25) is 17.7 Å². The third kappa shape index (κ3) is 3.90. The van der Waals surface area contributed by atoms with Crippen LogP contribution in [0.1, 0.15) is 65.2 Å². The van der Waals surface area contributed by atoms with Crippen LogP contribution < -0.4 is 10.6 Å². The Morgan fingerprint density at radius 2 is 1.97 bits per heavy atom. The van der Waals surface area contributed by atoms with Crippen LogP contribution in [0.25, 0.3) is 0 Å². The molecule has 1 saturated carbocycles. The van der Waals surface area contributed by atoms with E-state index in [4.69, 9.17) is 0 Å². The molecule has 4 aliphatic rings. The van der Waals surface area contributed by atoms with Gasteiger partial charge in [-0.05, 0) is 32.1 Å². The molecule has 7 atom stereocenters. The maximum atomic E-state index is 13.9. The van der Waals surface area contributed by atoms with E-state index in [1.165, 1.54) is 6.42 Å². The lowest BCUT2D eigenvalue weighted by Crippen LogP contribution is -2.58. The standard InChI is InChI=1S/C23H36BrN3O4S/c1-3-10-25-20(29)16-17-22(31)27(14(4-2)12-28)19(23(17)11-15(24)18(16)32-23)21(30)26-13-8-6-5-7-9-13/h13-19,28H,3-12H2,1-2H3,(H,25,29)(H,26,30)/t14-,15?,16+,17-,18+,19?,23?/m0/s1. The molecule has 2 bridgehead atoms. The first kappa shape index (κ1) is 24.3. The highest BCUT2D eigenvalue weighted by atomic mass is 79.9. The Balaban J connectivity index is 1.69. The predicted octanol–water partition coefficient (Wildman–Crippen LogP) is 2.20. The molecule has 4 rings (SSSR count). The number of aliphatic hydroxyl groups excluding tert-OH is 1. The zero-order valence-electron chi connectivity index (χ0n) is 19.0. The van der Waals surface area contributed by atoms with Crippen molar-refractivity contribution < 1.29 is 19.5 Å². The van der Waals surface area contributed by atoms with Gasteiger partial charge in [-0.3, -0.25) is 14.4 Å². The minimum Gasteiger partial charge on any atom is -0.394 e. The van der Waals surface area contributed by atoms with Crippen molar-refractivity contribution in [1.29, 1.82) is 0 Å². The minimum absolute atomic E-state index is 0.0258. The third-order valence-electron chi connectivity index (χ3n) is 7.85. The number of alkyl halides is 1. The van der Waals surface area contributed by atoms with Crippen molar-refractivity contribution in [2.75, 3.05) is 13.2 Å². The molecule has 1 spiro atoms. The van der Waals surface area contributed by atoms with E-state index in [-0.39, 0.29) is 40.4 Å². The van der Waals surface area contributed by atoms with Crippen LogP contribution in [0, 0.1) is 11.8 Å². The second kappa shape index (κ2) is 9.82. The summed E-state index contributed by atoms with van der Waals surface area (Å²) in [6.45, 7) is 4.33. The summed E-state index contributed by atoms with van der Waals surface area (Å²) in [7, 11) is 0. The van der Waals surface area contributed by atoms with Gasteiger partial charge in [-0.1, -0.05) is 49.0 Å². The summed E-state index contributed by atoms with van der Waals surface area (Å²) in [5.41, 5.74) is 0. The van der Waals surface area contributed by atoms with Gasteiger partial charge in [0.25, 0.3) is 0 Å². The highest BCUT2D eigenvalue weighted by Gasteiger charge is 2.76. The smallest absolute Gasteiger partial charge is 0.244 e. The molecule has 7 nitrogen and oxygen atoms in total. The first-order valence-corrected chi connectivity index (χ1v) is 14.0. The molecule has 3 aliphatic heterocycles. The van der Waals surface area contributed by atoms with Crippen LogP contribution in [0.3, 0.4) is 0 Å². The fraction of sp³-hybridized carbons (Fsp3) is 0.870. The van der Waals surface area contributed by atoms with Crippen molar-refractivity contribution in [2.24, 2.45) is 11.8 Å². The summed E-state index contributed by atoms with van der Waals surface area (Å²) in [6, 6.07) is -0.930. The van der Waals surface area contributed by atoms with E-state index in [1.807, 2.05) is 13.8 Å². The lowest BCUT2D eigenvalue weighted by Gasteiger charge is -2.38. The fourth-order valence-corrected chi connectivity index (χ4v) is 9.97. The summed E-state index contributed by atoms with van der Waals surface area (Å²) in [6.07, 6.45) is 7.44. The number of halogens is 1. The number of carbonyl (C=O) groups is 3. The first-order chi connectivity index (χ1) is 15.4. The van der Waals surface area contributed by atoms with Crippen LogP contribution in [0.2, 0.25) is 0 Å². The molecule has 180 valence electrons. The Morgan fingerprint density at radius 1 is 1.25 bits per heavy atom. The molecule has 0 aromatic heterocycles. The highest BCUT2D eigenvalue weighted by molar-refractivity contribution is 9.09. The van der Waals surface area contributed by atoms with Gasteiger partial charge in [0.05, 0.1) is 29.2 Å². The molecule has 3 saturated heterocycles. The number of likely N-dealkylation sites (tertiary alicyclic amines) is 1. The molecule has 1 aliphatic carbocycles. The van der Waals surface area contributed by atoms with E-state index in [0.29, 0.717) is 19.4 Å². The largest absolute Gasteiger partial charge is 0.394 e. The van der Waals surface area contributed by atoms with E-state index < -0.39 is 28.7 Å². The zero-order chi connectivity index (χ0) is 23.0. The van der Waals surface area contributed by atoms with Gasteiger partial charge in [0.1, 0.15) is 6.04 Å². The average molecular weight is 531 g/mol. The molecule has 32 heavy (non-hydrogen) atoms. The van der Waals surface area contributed by atoms with E-state index in [1.54, 1.807) is 16.7 Å². The molecule has 0 radical (unpaired) electrons. The van der Waals surface area contributed by atoms with Gasteiger partial charge >= 0.3 is 0 Å². The van der Waals surface area contributed by atoms with Crippen LogP contribution in [-0.4, -0.2) is 73.8 Å². The van der Waals surface area contributed by atoms with Crippen molar-refractivity contribution >= 4 is 45.4 Å². The second-order valence-corrected chi connectivity index (χ2v) is 12.5. The molecule has 3 unspecified atom stereocenters. The van der Waals surface area contributed by atoms with Crippen LogP contribution in [0.4, 0.5) is 0 Å².